The molecule has 0 unspecified atom stereocenters. The Morgan fingerprint density at radius 2 is 1.82 bits per heavy atom. The lowest BCUT2D eigenvalue weighted by molar-refractivity contribution is 0.0957. The summed E-state index contributed by atoms with van der Waals surface area (Å²) in [6, 6.07) is 13.5. The minimum absolute atomic E-state index is 0.0838. The number of nitrogens with one attached hydrogen (secondary N) is 2. The second kappa shape index (κ2) is 8.49. The van der Waals surface area contributed by atoms with E-state index in [9.17, 15) is 14.0 Å². The predicted octanol–water partition coefficient (Wildman–Crippen LogP) is 4.28. The lowest BCUT2D eigenvalue weighted by atomic mass is 10.2. The zero-order valence-corrected chi connectivity index (χ0v) is 15.5. The molecule has 1 heterocycles. The van der Waals surface area contributed by atoms with Gasteiger partial charge in [0.25, 0.3) is 11.8 Å². The largest absolute Gasteiger partial charge is 0.457 e. The average molecular weight is 400 g/mol. The monoisotopic (exact) mass is 399 g/mol. The summed E-state index contributed by atoms with van der Waals surface area (Å²) >= 11 is 5.72. The number of ether oxygens (including phenoxy) is 1. The summed E-state index contributed by atoms with van der Waals surface area (Å²) in [5.41, 5.74) is 0.910. The van der Waals surface area contributed by atoms with E-state index in [-0.39, 0.29) is 16.6 Å². The van der Waals surface area contributed by atoms with E-state index < -0.39 is 11.7 Å². The molecule has 0 spiro atoms. The number of carbonyl (C=O) groups excluding carboxylic acids is 2. The van der Waals surface area contributed by atoms with Crippen molar-refractivity contribution in [3.63, 3.8) is 0 Å². The molecule has 3 rings (SSSR count). The zero-order chi connectivity index (χ0) is 20.1. The van der Waals surface area contributed by atoms with Crippen molar-refractivity contribution in [1.82, 2.24) is 10.3 Å². The van der Waals surface area contributed by atoms with Crippen LogP contribution in [0.5, 0.6) is 11.5 Å². The Labute approximate surface area is 165 Å². The van der Waals surface area contributed by atoms with E-state index in [1.165, 1.54) is 37.5 Å². The molecule has 0 aliphatic carbocycles. The maximum atomic E-state index is 13.2. The van der Waals surface area contributed by atoms with Gasteiger partial charge in [-0.05, 0) is 42.5 Å². The van der Waals surface area contributed by atoms with Crippen molar-refractivity contribution in [3.8, 4) is 11.5 Å². The Bertz CT molecular complexity index is 1040. The van der Waals surface area contributed by atoms with Crippen LogP contribution in [0.25, 0.3) is 0 Å². The molecule has 0 saturated carbocycles. The van der Waals surface area contributed by atoms with Crippen LogP contribution in [0.4, 0.5) is 10.1 Å². The second-order valence-electron chi connectivity index (χ2n) is 5.67. The van der Waals surface area contributed by atoms with Crippen LogP contribution in [0.15, 0.2) is 60.8 Å². The number of hydrogen-bond donors (Lipinski definition) is 2. The molecule has 6 nitrogen and oxygen atoms in total. The third kappa shape index (κ3) is 4.63. The molecule has 0 bridgehead atoms. The van der Waals surface area contributed by atoms with E-state index in [2.05, 4.69) is 15.6 Å². The van der Waals surface area contributed by atoms with Crippen LogP contribution in [-0.2, 0) is 0 Å². The molecule has 8 heteroatoms. The number of nitrogens with zero attached hydrogens (tertiary/aromatic N) is 1. The third-order valence-corrected chi connectivity index (χ3v) is 3.99. The van der Waals surface area contributed by atoms with Gasteiger partial charge in [0, 0.05) is 30.6 Å². The molecule has 0 radical (unpaired) electrons. The van der Waals surface area contributed by atoms with Gasteiger partial charge in [-0.1, -0.05) is 17.7 Å². The van der Waals surface area contributed by atoms with E-state index in [1.54, 1.807) is 30.3 Å². The molecule has 0 fully saturated rings. The first-order chi connectivity index (χ1) is 13.5. The SMILES string of the molecule is CNC(=O)c1cc(Oc2cccc(C(=O)Nc3ccc(F)c(Cl)c3)c2)ccn1. The highest BCUT2D eigenvalue weighted by molar-refractivity contribution is 6.31. The minimum atomic E-state index is -0.566. The summed E-state index contributed by atoms with van der Waals surface area (Å²) in [4.78, 5) is 28.1. The summed E-state index contributed by atoms with van der Waals surface area (Å²) < 4.78 is 18.9. The molecule has 2 N–H and O–H groups in total. The van der Waals surface area contributed by atoms with Gasteiger partial charge in [-0.3, -0.25) is 14.6 Å². The first kappa shape index (κ1) is 19.3. The first-order valence-corrected chi connectivity index (χ1v) is 8.56. The summed E-state index contributed by atoms with van der Waals surface area (Å²) in [5, 5.41) is 5.04. The number of aromatic nitrogens is 1. The van der Waals surface area contributed by atoms with E-state index in [1.807, 2.05) is 0 Å². The van der Waals surface area contributed by atoms with Gasteiger partial charge in [0.05, 0.1) is 5.02 Å². The van der Waals surface area contributed by atoms with Crippen LogP contribution in [0.1, 0.15) is 20.8 Å². The van der Waals surface area contributed by atoms with Crippen molar-refractivity contribution < 1.29 is 18.7 Å². The van der Waals surface area contributed by atoms with Gasteiger partial charge in [-0.2, -0.15) is 0 Å². The number of hydrogen-bond acceptors (Lipinski definition) is 4. The standard InChI is InChI=1S/C20H15ClFN3O3/c1-23-20(27)18-11-15(7-8-24-18)28-14-4-2-3-12(9-14)19(26)25-13-5-6-17(22)16(21)10-13/h2-11H,1H3,(H,23,27)(H,25,26). The van der Waals surface area contributed by atoms with Crippen LogP contribution in [0.3, 0.4) is 0 Å². The molecule has 142 valence electrons. The quantitative estimate of drug-likeness (QED) is 0.671. The lowest BCUT2D eigenvalue weighted by Gasteiger charge is -2.09. The van der Waals surface area contributed by atoms with Gasteiger partial charge < -0.3 is 15.4 Å². The summed E-state index contributed by atoms with van der Waals surface area (Å²) in [7, 11) is 1.51. The van der Waals surface area contributed by atoms with E-state index >= 15 is 0 Å². The molecule has 0 aliphatic rings. The van der Waals surface area contributed by atoms with E-state index in [0.717, 1.165) is 0 Å². The summed E-state index contributed by atoms with van der Waals surface area (Å²) in [6.45, 7) is 0. The second-order valence-corrected chi connectivity index (χ2v) is 6.08. The molecule has 2 amide bonds. The van der Waals surface area contributed by atoms with Gasteiger partial charge in [0.15, 0.2) is 0 Å². The first-order valence-electron chi connectivity index (χ1n) is 8.19. The number of halogens is 2. The summed E-state index contributed by atoms with van der Waals surface area (Å²) in [5.74, 6) is -0.510. The van der Waals surface area contributed by atoms with Crippen molar-refractivity contribution in [2.75, 3.05) is 12.4 Å². The number of amides is 2. The highest BCUT2D eigenvalue weighted by Gasteiger charge is 2.11. The number of anilines is 1. The Hall–Kier alpha value is -3.45. The topological polar surface area (TPSA) is 80.3 Å². The predicted molar refractivity (Wildman–Crippen MR) is 104 cm³/mol. The van der Waals surface area contributed by atoms with Gasteiger partial charge in [0.2, 0.25) is 0 Å². The smallest absolute Gasteiger partial charge is 0.269 e. The van der Waals surface area contributed by atoms with Crippen LogP contribution in [0, 0.1) is 5.82 Å². The van der Waals surface area contributed by atoms with Crippen LogP contribution in [0.2, 0.25) is 5.02 Å². The fourth-order valence-electron chi connectivity index (χ4n) is 2.34. The molecule has 1 aromatic heterocycles. The fourth-order valence-corrected chi connectivity index (χ4v) is 2.52. The third-order valence-electron chi connectivity index (χ3n) is 3.70. The highest BCUT2D eigenvalue weighted by atomic mass is 35.5. The van der Waals surface area contributed by atoms with Crippen molar-refractivity contribution in [2.24, 2.45) is 0 Å². The molecular weight excluding hydrogens is 385 g/mol. The molecule has 2 aromatic carbocycles. The minimum Gasteiger partial charge on any atom is -0.457 e. The number of rotatable bonds is 5. The fraction of sp³-hybridized carbons (Fsp3) is 0.0500. The van der Waals surface area contributed by atoms with E-state index in [4.69, 9.17) is 16.3 Å². The van der Waals surface area contributed by atoms with Gasteiger partial charge in [-0.15, -0.1) is 0 Å². The van der Waals surface area contributed by atoms with Crippen molar-refractivity contribution >= 4 is 29.1 Å². The molecule has 3 aromatic rings. The van der Waals surface area contributed by atoms with Crippen molar-refractivity contribution in [3.05, 3.63) is 82.9 Å². The van der Waals surface area contributed by atoms with Crippen molar-refractivity contribution in [1.29, 1.82) is 0 Å². The Morgan fingerprint density at radius 3 is 2.57 bits per heavy atom. The number of benzene rings is 2. The lowest BCUT2D eigenvalue weighted by Crippen LogP contribution is -2.18. The van der Waals surface area contributed by atoms with Gasteiger partial charge in [0.1, 0.15) is 23.0 Å². The Morgan fingerprint density at radius 1 is 1.04 bits per heavy atom. The van der Waals surface area contributed by atoms with Gasteiger partial charge in [-0.25, -0.2) is 4.39 Å². The number of carbonyl (C=O) groups is 2. The molecule has 0 atom stereocenters. The maximum absolute atomic E-state index is 13.2. The van der Waals surface area contributed by atoms with E-state index in [0.29, 0.717) is 22.7 Å². The number of pyridine rings is 1. The normalized spacial score (nSPS) is 10.2. The van der Waals surface area contributed by atoms with Crippen molar-refractivity contribution in [2.45, 2.75) is 0 Å². The highest BCUT2D eigenvalue weighted by Crippen LogP contribution is 2.24. The average Bonchev–Trinajstić information content (AvgIpc) is 2.70. The Balaban J connectivity index is 1.75. The summed E-state index contributed by atoms with van der Waals surface area (Å²) in [6.07, 6.45) is 1.45. The maximum Gasteiger partial charge on any atom is 0.269 e. The molecule has 28 heavy (non-hydrogen) atoms. The zero-order valence-electron chi connectivity index (χ0n) is 14.7. The van der Waals surface area contributed by atoms with Gasteiger partial charge >= 0.3 is 0 Å². The van der Waals surface area contributed by atoms with Crippen LogP contribution < -0.4 is 15.4 Å². The molecular formula is C20H15ClFN3O3. The molecule has 0 saturated heterocycles. The molecule has 0 aliphatic heterocycles. The van der Waals surface area contributed by atoms with Crippen LogP contribution in [-0.4, -0.2) is 23.8 Å². The van der Waals surface area contributed by atoms with Crippen LogP contribution >= 0.6 is 11.6 Å². The Kier molecular flexibility index (Phi) is 5.86.